The zero-order valence-electron chi connectivity index (χ0n) is 30.6. The van der Waals surface area contributed by atoms with Gasteiger partial charge in [0.2, 0.25) is 11.4 Å². The quantitative estimate of drug-likeness (QED) is 0.200. The number of anilines is 2. The van der Waals surface area contributed by atoms with Crippen molar-refractivity contribution in [3.8, 4) is 0 Å². The second-order valence-corrected chi connectivity index (χ2v) is 16.7. The van der Waals surface area contributed by atoms with Crippen molar-refractivity contribution in [1.29, 1.82) is 0 Å². The van der Waals surface area contributed by atoms with Gasteiger partial charge in [-0.15, -0.1) is 20.5 Å². The number of nitrogens with zero attached hydrogens (tertiary/aromatic N) is 4. The Morgan fingerprint density at radius 2 is 0.925 bits per heavy atom. The Morgan fingerprint density at radius 3 is 1.25 bits per heavy atom. The molecule has 0 amide bonds. The van der Waals surface area contributed by atoms with Crippen LogP contribution in [0.5, 0.6) is 0 Å². The molecule has 284 valence electrons. The van der Waals surface area contributed by atoms with E-state index < -0.39 is 20.5 Å². The number of hydrogen-bond donors (Lipinski definition) is 0. The van der Waals surface area contributed by atoms with Crippen LogP contribution in [0, 0.1) is 20.5 Å². The molecule has 4 heterocycles. The van der Waals surface area contributed by atoms with E-state index in [2.05, 4.69) is 171 Å². The van der Waals surface area contributed by atoms with Gasteiger partial charge in [0.05, 0.1) is 10.8 Å². The van der Waals surface area contributed by atoms with Crippen LogP contribution in [0.3, 0.4) is 0 Å². The number of halogens is 2. The highest BCUT2D eigenvalue weighted by molar-refractivity contribution is 7.10. The summed E-state index contributed by atoms with van der Waals surface area (Å²) in [4.78, 5) is 4.65. The predicted molar refractivity (Wildman–Crippen MR) is 184 cm³/mol. The van der Waals surface area contributed by atoms with Gasteiger partial charge in [0.1, 0.15) is 20.5 Å². The summed E-state index contributed by atoms with van der Waals surface area (Å²) in [5, 5.41) is 7.08. The minimum atomic E-state index is -4.94. The minimum absolute atomic E-state index is 0.0109. The number of para-hydroxylation sites is 2. The third kappa shape index (κ3) is 10.4. The van der Waals surface area contributed by atoms with E-state index in [4.69, 9.17) is 37.3 Å². The van der Waals surface area contributed by atoms with Crippen LogP contribution in [0.1, 0.15) is 60.2 Å². The average molecular weight is 806 g/mol. The molecule has 0 saturated carbocycles. The van der Waals surface area contributed by atoms with Gasteiger partial charge in [-0.05, 0) is 35.4 Å². The molecule has 53 heavy (non-hydrogen) atoms. The zero-order valence-corrected chi connectivity index (χ0v) is 33.7. The van der Waals surface area contributed by atoms with Crippen LogP contribution in [-0.2, 0) is 31.3 Å². The summed E-state index contributed by atoms with van der Waals surface area (Å²) in [5.41, 5.74) is 10.6. The molecule has 2 aliphatic heterocycles. The van der Waals surface area contributed by atoms with Crippen LogP contribution in [0.4, 0.5) is 11.4 Å². The molecule has 0 atom stereocenters. The van der Waals surface area contributed by atoms with Gasteiger partial charge in [0.25, 0.3) is 10.0 Å². The van der Waals surface area contributed by atoms with Crippen LogP contribution in [0.2, 0.25) is 0 Å². The highest BCUT2D eigenvalue weighted by atomic mass is 35.7. The van der Waals surface area contributed by atoms with E-state index >= 15 is 0 Å². The van der Waals surface area contributed by atoms with Crippen LogP contribution < -0.4 is 56.2 Å². The normalized spacial score (nSPS) is 17.7. The largest absolute Gasteiger partial charge is 0.347 e. The van der Waals surface area contributed by atoms with Crippen molar-refractivity contribution >= 4 is 46.2 Å². The number of benzene rings is 2. The van der Waals surface area contributed by atoms with Crippen molar-refractivity contribution in [2.45, 2.75) is 44.9 Å². The SMILES string of the molecule is CN1/C(=C\C=C\c2scc(Cc3csc(/C=C/C=C4\N(C)c5ccccc5C4(C)C)[n+]3C)[n+]2C)C(C)(C)c2ccccc21.[O-][Cl+3]([O-])([O-])[O-].[O-][Cl+3]([O-])([O-])[O-]. The van der Waals surface area contributed by atoms with Crippen molar-refractivity contribution in [1.82, 2.24) is 0 Å². The highest BCUT2D eigenvalue weighted by Gasteiger charge is 2.38. The van der Waals surface area contributed by atoms with E-state index in [0.717, 1.165) is 6.42 Å². The van der Waals surface area contributed by atoms with Gasteiger partial charge < -0.3 is 9.80 Å². The van der Waals surface area contributed by atoms with E-state index in [1.165, 1.54) is 55.3 Å². The van der Waals surface area contributed by atoms with E-state index in [1.807, 2.05) is 0 Å². The molecular formula is C37H42Cl2N4O8S2. The molecule has 0 N–H and O–H groups in total. The average Bonchev–Trinajstić information content (AvgIpc) is 3.69. The zero-order chi connectivity index (χ0) is 39.5. The Labute approximate surface area is 322 Å². The first-order valence-electron chi connectivity index (χ1n) is 16.1. The van der Waals surface area contributed by atoms with Crippen LogP contribution in [0.15, 0.2) is 95.0 Å². The maximum atomic E-state index is 8.49. The third-order valence-electron chi connectivity index (χ3n) is 9.38. The second-order valence-electron chi connectivity index (χ2n) is 13.4. The lowest BCUT2D eigenvalue weighted by molar-refractivity contribution is -2.00. The summed E-state index contributed by atoms with van der Waals surface area (Å²) < 4.78 is 72.6. The Balaban J connectivity index is 0.000000556. The third-order valence-corrected chi connectivity index (χ3v) is 11.5. The molecule has 0 aliphatic carbocycles. The molecule has 0 unspecified atom stereocenters. The highest BCUT2D eigenvalue weighted by Crippen LogP contribution is 2.47. The number of fused-ring (bicyclic) bond motifs is 2. The number of rotatable bonds is 6. The van der Waals surface area contributed by atoms with E-state index in [-0.39, 0.29) is 10.8 Å². The lowest BCUT2D eigenvalue weighted by Gasteiger charge is -2.23. The lowest BCUT2D eigenvalue weighted by atomic mass is 9.84. The van der Waals surface area contributed by atoms with Gasteiger partial charge in [-0.1, -0.05) is 98.9 Å². The van der Waals surface area contributed by atoms with Gasteiger partial charge in [-0.25, -0.2) is 37.3 Å². The fourth-order valence-electron chi connectivity index (χ4n) is 6.71. The van der Waals surface area contributed by atoms with Gasteiger partial charge in [-0.2, -0.15) is 9.13 Å². The number of aromatic nitrogens is 2. The van der Waals surface area contributed by atoms with E-state index in [0.29, 0.717) is 0 Å². The maximum Gasteiger partial charge on any atom is 0.261 e. The fraction of sp³-hybridized carbons (Fsp3) is 0.297. The minimum Gasteiger partial charge on any atom is -0.347 e. The van der Waals surface area contributed by atoms with Crippen LogP contribution >= 0.6 is 22.7 Å². The Hall–Kier alpha value is -3.48. The number of hydrogen-bond acceptors (Lipinski definition) is 12. The lowest BCUT2D eigenvalue weighted by Crippen LogP contribution is -2.68. The van der Waals surface area contributed by atoms with E-state index in [1.54, 1.807) is 22.7 Å². The smallest absolute Gasteiger partial charge is 0.261 e. The molecule has 4 aromatic rings. The van der Waals surface area contributed by atoms with Crippen LogP contribution in [-0.4, -0.2) is 14.1 Å². The molecule has 12 nitrogen and oxygen atoms in total. The molecule has 0 saturated heterocycles. The molecule has 0 fully saturated rings. The molecule has 16 heteroatoms. The predicted octanol–water partition coefficient (Wildman–Crippen LogP) is -1.81. The summed E-state index contributed by atoms with van der Waals surface area (Å²) in [5.74, 6) is 0. The molecule has 0 spiro atoms. The van der Waals surface area contributed by atoms with Crippen LogP contribution in [0.25, 0.3) is 12.2 Å². The molecule has 6 rings (SSSR count). The van der Waals surface area contributed by atoms with Crippen molar-refractivity contribution in [2.24, 2.45) is 14.1 Å². The standard InChI is InChI=1S/C37H42N4S2.2ClHO4/c1-36(2)28-15-9-11-17-30(28)40(7)32(36)19-13-21-34-38(5)26(24-42-34)23-27-25-43-35(39(27)6)22-14-20-33-37(3,4)29-16-10-12-18-31(29)41(33)8;2*2-1(3,4)5/h9-22,24-25H,23H2,1-8H3;2*(H,2,3,4,5)/q+2;;/p-2. The van der Waals surface area contributed by atoms with Gasteiger partial charge in [-0.3, -0.25) is 0 Å². The molecular weight excluding hydrogens is 763 g/mol. The number of thiazole rings is 2. The summed E-state index contributed by atoms with van der Waals surface area (Å²) in [6.07, 6.45) is 14.3. The van der Waals surface area contributed by atoms with Crippen molar-refractivity contribution in [2.75, 3.05) is 23.9 Å². The first-order valence-corrected chi connectivity index (χ1v) is 20.3. The van der Waals surface area contributed by atoms with Crippen molar-refractivity contribution < 1.29 is 66.9 Å². The fourth-order valence-corrected chi connectivity index (χ4v) is 8.57. The summed E-state index contributed by atoms with van der Waals surface area (Å²) in [6, 6.07) is 17.4. The van der Waals surface area contributed by atoms with Gasteiger partial charge >= 0.3 is 0 Å². The summed E-state index contributed by atoms with van der Waals surface area (Å²) in [7, 11) is -1.19. The molecule has 2 aromatic carbocycles. The molecule has 0 bridgehead atoms. The Kier molecular flexibility index (Phi) is 13.1. The molecule has 0 radical (unpaired) electrons. The van der Waals surface area contributed by atoms with Crippen molar-refractivity contribution in [3.05, 3.63) is 128 Å². The second kappa shape index (κ2) is 16.5. The van der Waals surface area contributed by atoms with Gasteiger partial charge in [0.15, 0.2) is 0 Å². The maximum absolute atomic E-state index is 8.49. The Morgan fingerprint density at radius 1 is 0.604 bits per heavy atom. The summed E-state index contributed by atoms with van der Waals surface area (Å²) >= 11 is 3.60. The first kappa shape index (κ1) is 42.3. The van der Waals surface area contributed by atoms with E-state index in [9.17, 15) is 0 Å². The first-order chi connectivity index (χ1) is 24.5. The summed E-state index contributed by atoms with van der Waals surface area (Å²) in [6.45, 7) is 9.25. The Bertz CT molecular complexity index is 1890. The molecule has 2 aromatic heterocycles. The van der Waals surface area contributed by atoms with Gasteiger partial charge in [0, 0.05) is 59.8 Å². The molecule has 2 aliphatic rings. The number of likely N-dealkylation sites (N-methyl/N-ethyl adjacent to an activating group) is 2. The monoisotopic (exact) mass is 804 g/mol. The van der Waals surface area contributed by atoms with Crippen molar-refractivity contribution in [3.63, 3.8) is 0 Å². The topological polar surface area (TPSA) is 199 Å². The number of allylic oxidation sites excluding steroid dienone is 6.